The number of sulfonamides is 1. The van der Waals surface area contributed by atoms with Gasteiger partial charge in [-0.15, -0.1) is 0 Å². The number of nitrogens with one attached hydrogen (secondary N) is 1. The van der Waals surface area contributed by atoms with Crippen LogP contribution in [-0.4, -0.2) is 46.8 Å². The zero-order valence-corrected chi connectivity index (χ0v) is 17.1. The molecule has 29 heavy (non-hydrogen) atoms. The molecule has 0 bridgehead atoms. The van der Waals surface area contributed by atoms with Crippen LogP contribution >= 0.6 is 0 Å². The molecule has 9 heteroatoms. The van der Waals surface area contributed by atoms with Gasteiger partial charge >= 0.3 is 0 Å². The second-order valence-corrected chi connectivity index (χ2v) is 9.09. The van der Waals surface area contributed by atoms with E-state index in [2.05, 4.69) is 15.2 Å². The molecule has 4 heterocycles. The van der Waals surface area contributed by atoms with E-state index in [1.54, 1.807) is 30.5 Å². The summed E-state index contributed by atoms with van der Waals surface area (Å²) in [7, 11) is -3.85. The van der Waals surface area contributed by atoms with Gasteiger partial charge in [0.1, 0.15) is 11.4 Å². The van der Waals surface area contributed by atoms with Gasteiger partial charge in [-0.1, -0.05) is 6.07 Å². The van der Waals surface area contributed by atoms with Crippen molar-refractivity contribution < 1.29 is 17.6 Å². The van der Waals surface area contributed by atoms with Crippen molar-refractivity contribution in [2.75, 3.05) is 13.1 Å². The first-order valence-electron chi connectivity index (χ1n) is 9.45. The molecule has 0 spiro atoms. The molecule has 1 aliphatic rings. The van der Waals surface area contributed by atoms with Crippen LogP contribution in [0, 0.1) is 19.8 Å². The van der Waals surface area contributed by atoms with Crippen LogP contribution in [0.3, 0.4) is 0 Å². The van der Waals surface area contributed by atoms with Crippen LogP contribution < -0.4 is 0 Å². The molecule has 1 N–H and O–H groups in total. The number of Topliss-reactive ketones (excluding diaryl/α,β-unsaturated/α-hetero) is 1. The number of aryl methyl sites for hydroxylation is 1. The van der Waals surface area contributed by atoms with Crippen molar-refractivity contribution in [1.29, 1.82) is 0 Å². The maximum atomic E-state index is 13.1. The Labute approximate surface area is 169 Å². The number of furan rings is 1. The van der Waals surface area contributed by atoms with Gasteiger partial charge in [0.05, 0.1) is 0 Å². The van der Waals surface area contributed by atoms with Crippen LogP contribution in [0.15, 0.2) is 46.0 Å². The zero-order valence-electron chi connectivity index (χ0n) is 16.3. The van der Waals surface area contributed by atoms with Crippen molar-refractivity contribution in [3.63, 3.8) is 0 Å². The molecule has 0 aliphatic carbocycles. The van der Waals surface area contributed by atoms with Gasteiger partial charge in [0.15, 0.2) is 11.5 Å². The maximum Gasteiger partial charge on any atom is 0.276 e. The normalized spacial score (nSPS) is 18.1. The number of aromatic nitrogens is 3. The number of nitrogens with zero attached hydrogens (tertiary/aromatic N) is 3. The summed E-state index contributed by atoms with van der Waals surface area (Å²) in [4.78, 5) is 16.8. The van der Waals surface area contributed by atoms with E-state index in [9.17, 15) is 13.2 Å². The van der Waals surface area contributed by atoms with Gasteiger partial charge in [-0.3, -0.25) is 14.9 Å². The van der Waals surface area contributed by atoms with Crippen molar-refractivity contribution in [3.8, 4) is 11.5 Å². The molecule has 1 atom stereocenters. The minimum absolute atomic E-state index is 0.119. The highest BCUT2D eigenvalue weighted by atomic mass is 32.2. The minimum Gasteiger partial charge on any atom is -0.442 e. The highest BCUT2D eigenvalue weighted by Gasteiger charge is 2.35. The van der Waals surface area contributed by atoms with Crippen LogP contribution in [0.25, 0.3) is 11.5 Å². The van der Waals surface area contributed by atoms with Gasteiger partial charge < -0.3 is 4.42 Å². The number of aromatic amines is 1. The Morgan fingerprint density at radius 2 is 2.07 bits per heavy atom. The van der Waals surface area contributed by atoms with Crippen molar-refractivity contribution in [2.24, 2.45) is 5.92 Å². The van der Waals surface area contributed by atoms with Crippen molar-refractivity contribution >= 4 is 15.8 Å². The lowest BCUT2D eigenvalue weighted by molar-refractivity contribution is 0.0866. The van der Waals surface area contributed by atoms with Gasteiger partial charge in [-0.2, -0.15) is 9.40 Å². The van der Waals surface area contributed by atoms with E-state index in [0.29, 0.717) is 36.5 Å². The third kappa shape index (κ3) is 3.63. The van der Waals surface area contributed by atoms with E-state index >= 15 is 0 Å². The number of hydrogen-bond donors (Lipinski definition) is 1. The van der Waals surface area contributed by atoms with Crippen molar-refractivity contribution in [2.45, 2.75) is 31.8 Å². The lowest BCUT2D eigenvalue weighted by Gasteiger charge is -2.30. The summed E-state index contributed by atoms with van der Waals surface area (Å²) < 4.78 is 33.2. The average Bonchev–Trinajstić information content (AvgIpc) is 3.36. The molecule has 0 radical (unpaired) electrons. The largest absolute Gasteiger partial charge is 0.442 e. The lowest BCUT2D eigenvalue weighted by Crippen LogP contribution is -2.42. The van der Waals surface area contributed by atoms with Crippen molar-refractivity contribution in [1.82, 2.24) is 19.5 Å². The SMILES string of the molecule is Cc1[nH]nc(-c2ccc(S(=O)(=O)N3CCCC(C(=O)c4ccccn4)C3)o2)c1C. The van der Waals surface area contributed by atoms with Crippen molar-refractivity contribution in [3.05, 3.63) is 53.5 Å². The molecule has 152 valence electrons. The Morgan fingerprint density at radius 3 is 2.76 bits per heavy atom. The summed E-state index contributed by atoms with van der Waals surface area (Å²) in [5, 5.41) is 6.91. The predicted octanol–water partition coefficient (Wildman–Crippen LogP) is 2.97. The second kappa shape index (κ2) is 7.57. The number of hydrogen-bond acceptors (Lipinski definition) is 6. The Balaban J connectivity index is 1.56. The first-order chi connectivity index (χ1) is 13.9. The fourth-order valence-corrected chi connectivity index (χ4v) is 4.97. The second-order valence-electron chi connectivity index (χ2n) is 7.22. The third-order valence-electron chi connectivity index (χ3n) is 5.33. The van der Waals surface area contributed by atoms with E-state index in [4.69, 9.17) is 4.42 Å². The maximum absolute atomic E-state index is 13.1. The smallest absolute Gasteiger partial charge is 0.276 e. The molecule has 3 aromatic rings. The number of carbonyl (C=O) groups is 1. The van der Waals surface area contributed by atoms with Gasteiger partial charge in [0, 0.05) is 36.5 Å². The first-order valence-corrected chi connectivity index (χ1v) is 10.9. The molecule has 1 aliphatic heterocycles. The molecule has 0 amide bonds. The Bertz CT molecular complexity index is 1130. The molecule has 0 saturated carbocycles. The topological polar surface area (TPSA) is 109 Å². The molecule has 1 saturated heterocycles. The standard InChI is InChI=1S/C20H22N4O4S/c1-13-14(2)22-23-19(13)17-8-9-18(28-17)29(26,27)24-11-5-6-15(12-24)20(25)16-7-3-4-10-21-16/h3-4,7-10,15H,5-6,11-12H2,1-2H3,(H,22,23). The third-order valence-corrected chi connectivity index (χ3v) is 7.07. The molecular formula is C20H22N4O4S. The summed E-state index contributed by atoms with van der Waals surface area (Å²) in [5.74, 6) is -0.157. The molecular weight excluding hydrogens is 392 g/mol. The number of H-pyrrole nitrogens is 1. The number of ketones is 1. The molecule has 8 nitrogen and oxygen atoms in total. The number of rotatable bonds is 5. The van der Waals surface area contributed by atoms with Gasteiger partial charge in [-0.05, 0) is 51.0 Å². The van der Waals surface area contributed by atoms with E-state index in [1.165, 1.54) is 10.4 Å². The van der Waals surface area contributed by atoms with Crippen LogP contribution in [0.5, 0.6) is 0 Å². The number of pyridine rings is 1. The Kier molecular flexibility index (Phi) is 5.10. The number of carbonyl (C=O) groups excluding carboxylic acids is 1. The summed E-state index contributed by atoms with van der Waals surface area (Å²) in [5.41, 5.74) is 2.75. The monoisotopic (exact) mass is 414 g/mol. The van der Waals surface area contributed by atoms with Crippen LogP contribution in [-0.2, 0) is 10.0 Å². The molecule has 1 unspecified atom stereocenters. The fourth-order valence-electron chi connectivity index (χ4n) is 3.53. The molecule has 4 rings (SSSR count). The van der Waals surface area contributed by atoms with Gasteiger partial charge in [0.2, 0.25) is 5.09 Å². The Morgan fingerprint density at radius 1 is 1.24 bits per heavy atom. The number of piperidine rings is 1. The first kappa shape index (κ1) is 19.5. The quantitative estimate of drug-likeness (QED) is 0.643. The minimum atomic E-state index is -3.85. The highest BCUT2D eigenvalue weighted by Crippen LogP contribution is 2.30. The molecule has 1 fully saturated rings. The van der Waals surface area contributed by atoms with Gasteiger partial charge in [-0.25, -0.2) is 8.42 Å². The lowest BCUT2D eigenvalue weighted by atomic mass is 9.93. The van der Waals surface area contributed by atoms with Crippen LogP contribution in [0.2, 0.25) is 0 Å². The average molecular weight is 414 g/mol. The van der Waals surface area contributed by atoms with Crippen LogP contribution in [0.4, 0.5) is 0 Å². The van der Waals surface area contributed by atoms with E-state index in [-0.39, 0.29) is 17.4 Å². The van der Waals surface area contributed by atoms with E-state index in [0.717, 1.165) is 11.3 Å². The van der Waals surface area contributed by atoms with Crippen LogP contribution in [0.1, 0.15) is 34.6 Å². The molecule has 0 aromatic carbocycles. The Hall–Kier alpha value is -2.78. The highest BCUT2D eigenvalue weighted by molar-refractivity contribution is 7.89. The fraction of sp³-hybridized carbons (Fsp3) is 0.350. The summed E-state index contributed by atoms with van der Waals surface area (Å²) in [6.45, 7) is 4.25. The summed E-state index contributed by atoms with van der Waals surface area (Å²) in [6, 6.07) is 8.20. The zero-order chi connectivity index (χ0) is 20.6. The van der Waals surface area contributed by atoms with E-state index in [1.807, 2.05) is 13.8 Å². The summed E-state index contributed by atoms with van der Waals surface area (Å²) in [6.07, 6.45) is 2.80. The van der Waals surface area contributed by atoms with E-state index < -0.39 is 15.9 Å². The summed E-state index contributed by atoms with van der Waals surface area (Å²) >= 11 is 0. The van der Waals surface area contributed by atoms with Gasteiger partial charge in [0.25, 0.3) is 10.0 Å². The molecule has 3 aromatic heterocycles. The predicted molar refractivity (Wildman–Crippen MR) is 106 cm³/mol.